The number of thiazole rings is 1. The third kappa shape index (κ3) is 4.61. The number of nitrogens with zero attached hydrogens (tertiary/aromatic N) is 3. The van der Waals surface area contributed by atoms with Crippen LogP contribution in [0.5, 0.6) is 0 Å². The van der Waals surface area contributed by atoms with E-state index in [2.05, 4.69) is 15.3 Å². The highest BCUT2D eigenvalue weighted by atomic mass is 32.1. The minimum absolute atomic E-state index is 0.0381. The number of carbonyl (C=O) groups is 1. The fourth-order valence-electron chi connectivity index (χ4n) is 1.82. The van der Waals surface area contributed by atoms with E-state index in [4.69, 9.17) is 0 Å². The number of hydrogen-bond acceptors (Lipinski definition) is 5. The highest BCUT2D eigenvalue weighted by molar-refractivity contribution is 7.15. The molecule has 1 N–H and O–H groups in total. The van der Waals surface area contributed by atoms with E-state index in [1.54, 1.807) is 6.20 Å². The largest absolute Gasteiger partial charge is 0.355 e. The highest BCUT2D eigenvalue weighted by Crippen LogP contribution is 2.26. The van der Waals surface area contributed by atoms with Gasteiger partial charge in [-0.1, -0.05) is 6.07 Å². The number of aromatic nitrogens is 2. The molecule has 0 saturated carbocycles. The second-order valence-corrected chi connectivity index (χ2v) is 6.16. The first kappa shape index (κ1) is 15.6. The lowest BCUT2D eigenvalue weighted by molar-refractivity contribution is -0.120. The van der Waals surface area contributed by atoms with Crippen molar-refractivity contribution in [2.75, 3.05) is 27.2 Å². The van der Waals surface area contributed by atoms with Gasteiger partial charge in [0, 0.05) is 24.2 Å². The molecule has 112 valence electrons. The standard InChI is InChI=1S/C15H20N4OS/c1-11-13(10-14(20)17-8-9-19(2)3)21-15(18-11)12-6-4-5-7-16-12/h4-7H,8-10H2,1-3H3,(H,17,20). The maximum Gasteiger partial charge on any atom is 0.225 e. The predicted octanol–water partition coefficient (Wildman–Crippen LogP) is 1.73. The van der Waals surface area contributed by atoms with Crippen molar-refractivity contribution >= 4 is 17.2 Å². The molecule has 0 atom stereocenters. The topological polar surface area (TPSA) is 58.1 Å². The quantitative estimate of drug-likeness (QED) is 0.883. The lowest BCUT2D eigenvalue weighted by atomic mass is 10.3. The van der Waals surface area contributed by atoms with E-state index in [1.807, 2.05) is 44.1 Å². The van der Waals surface area contributed by atoms with Crippen LogP contribution in [-0.4, -0.2) is 48.0 Å². The van der Waals surface area contributed by atoms with Crippen LogP contribution in [0, 0.1) is 6.92 Å². The summed E-state index contributed by atoms with van der Waals surface area (Å²) in [4.78, 5) is 23.8. The predicted molar refractivity (Wildman–Crippen MR) is 85.3 cm³/mol. The van der Waals surface area contributed by atoms with Crippen molar-refractivity contribution in [3.63, 3.8) is 0 Å². The maximum atomic E-state index is 11.9. The van der Waals surface area contributed by atoms with Gasteiger partial charge >= 0.3 is 0 Å². The molecule has 0 spiro atoms. The van der Waals surface area contributed by atoms with E-state index in [1.165, 1.54) is 11.3 Å². The second kappa shape index (κ2) is 7.28. The molecule has 5 nitrogen and oxygen atoms in total. The summed E-state index contributed by atoms with van der Waals surface area (Å²) in [5, 5.41) is 3.79. The lowest BCUT2D eigenvalue weighted by Gasteiger charge is -2.09. The minimum atomic E-state index is 0.0381. The van der Waals surface area contributed by atoms with E-state index in [9.17, 15) is 4.79 Å². The Morgan fingerprint density at radius 2 is 2.19 bits per heavy atom. The molecular weight excluding hydrogens is 284 g/mol. The Balaban J connectivity index is 1.98. The molecule has 0 radical (unpaired) electrons. The molecule has 2 aromatic heterocycles. The van der Waals surface area contributed by atoms with Gasteiger partial charge in [0.25, 0.3) is 0 Å². The number of pyridine rings is 1. The number of likely N-dealkylation sites (N-methyl/N-ethyl adjacent to an activating group) is 1. The van der Waals surface area contributed by atoms with Gasteiger partial charge in [0.15, 0.2) is 0 Å². The molecule has 6 heteroatoms. The molecule has 1 amide bonds. The molecule has 0 fully saturated rings. The summed E-state index contributed by atoms with van der Waals surface area (Å²) >= 11 is 1.54. The van der Waals surface area contributed by atoms with Gasteiger partial charge in [-0.3, -0.25) is 9.78 Å². The normalized spacial score (nSPS) is 10.9. The van der Waals surface area contributed by atoms with Crippen LogP contribution < -0.4 is 5.32 Å². The van der Waals surface area contributed by atoms with Gasteiger partial charge in [0.1, 0.15) is 5.01 Å². The summed E-state index contributed by atoms with van der Waals surface area (Å²) in [5.74, 6) is 0.0381. The second-order valence-electron chi connectivity index (χ2n) is 5.07. The van der Waals surface area contributed by atoms with Gasteiger partial charge in [-0.05, 0) is 33.2 Å². The van der Waals surface area contributed by atoms with E-state index in [0.29, 0.717) is 13.0 Å². The maximum absolute atomic E-state index is 11.9. The fraction of sp³-hybridized carbons (Fsp3) is 0.400. The summed E-state index contributed by atoms with van der Waals surface area (Å²) in [6.07, 6.45) is 2.13. The van der Waals surface area contributed by atoms with Crippen molar-refractivity contribution in [3.05, 3.63) is 35.0 Å². The Hall–Kier alpha value is -1.79. The number of hydrogen-bond donors (Lipinski definition) is 1. The smallest absolute Gasteiger partial charge is 0.225 e. The van der Waals surface area contributed by atoms with Crippen LogP contribution in [0.15, 0.2) is 24.4 Å². The Labute approximate surface area is 129 Å². The van der Waals surface area contributed by atoms with Crippen LogP contribution in [-0.2, 0) is 11.2 Å². The zero-order chi connectivity index (χ0) is 15.2. The van der Waals surface area contributed by atoms with Gasteiger partial charge < -0.3 is 10.2 Å². The Morgan fingerprint density at radius 3 is 2.86 bits per heavy atom. The molecule has 21 heavy (non-hydrogen) atoms. The van der Waals surface area contributed by atoms with E-state index >= 15 is 0 Å². The number of carbonyl (C=O) groups excluding carboxylic acids is 1. The summed E-state index contributed by atoms with van der Waals surface area (Å²) in [6.45, 7) is 3.44. The van der Waals surface area contributed by atoms with Crippen molar-refractivity contribution in [3.8, 4) is 10.7 Å². The molecular formula is C15H20N4OS. The van der Waals surface area contributed by atoms with Crippen molar-refractivity contribution in [1.29, 1.82) is 0 Å². The molecule has 2 heterocycles. The Kier molecular flexibility index (Phi) is 5.41. The van der Waals surface area contributed by atoms with Crippen molar-refractivity contribution in [2.24, 2.45) is 0 Å². The Bertz CT molecular complexity index is 595. The molecule has 0 aliphatic carbocycles. The van der Waals surface area contributed by atoms with Crippen molar-refractivity contribution in [2.45, 2.75) is 13.3 Å². The molecule has 2 rings (SSSR count). The van der Waals surface area contributed by atoms with Crippen LogP contribution in [0.3, 0.4) is 0 Å². The molecule has 0 bridgehead atoms. The average Bonchev–Trinajstić information content (AvgIpc) is 2.81. The lowest BCUT2D eigenvalue weighted by Crippen LogP contribution is -2.32. The number of rotatable bonds is 6. The van der Waals surface area contributed by atoms with Crippen LogP contribution in [0.25, 0.3) is 10.7 Å². The van der Waals surface area contributed by atoms with Crippen molar-refractivity contribution < 1.29 is 4.79 Å². The monoisotopic (exact) mass is 304 g/mol. The molecule has 0 aliphatic rings. The van der Waals surface area contributed by atoms with Gasteiger partial charge in [0.2, 0.25) is 5.91 Å². The third-order valence-corrected chi connectivity index (χ3v) is 4.16. The highest BCUT2D eigenvalue weighted by Gasteiger charge is 2.13. The van der Waals surface area contributed by atoms with Gasteiger partial charge in [-0.25, -0.2) is 4.98 Å². The number of nitrogens with one attached hydrogen (secondary N) is 1. The molecule has 2 aromatic rings. The van der Waals surface area contributed by atoms with Gasteiger partial charge in [-0.2, -0.15) is 0 Å². The van der Waals surface area contributed by atoms with Crippen molar-refractivity contribution in [1.82, 2.24) is 20.2 Å². The summed E-state index contributed by atoms with van der Waals surface area (Å²) < 4.78 is 0. The Morgan fingerprint density at radius 1 is 1.38 bits per heavy atom. The average molecular weight is 304 g/mol. The van der Waals surface area contributed by atoms with E-state index in [0.717, 1.165) is 27.8 Å². The number of aryl methyl sites for hydroxylation is 1. The first-order valence-corrected chi connectivity index (χ1v) is 7.67. The van der Waals surface area contributed by atoms with Gasteiger partial charge in [-0.15, -0.1) is 11.3 Å². The zero-order valence-electron chi connectivity index (χ0n) is 12.6. The third-order valence-electron chi connectivity index (χ3n) is 2.98. The molecule has 0 saturated heterocycles. The van der Waals surface area contributed by atoms with Gasteiger partial charge in [0.05, 0.1) is 17.8 Å². The summed E-state index contributed by atoms with van der Waals surface area (Å²) in [6, 6.07) is 5.75. The first-order chi connectivity index (χ1) is 10.1. The van der Waals surface area contributed by atoms with Crippen LogP contribution >= 0.6 is 11.3 Å². The van der Waals surface area contributed by atoms with Crippen LogP contribution in [0.1, 0.15) is 10.6 Å². The molecule has 0 unspecified atom stereocenters. The summed E-state index contributed by atoms with van der Waals surface area (Å²) in [7, 11) is 3.97. The fourth-order valence-corrected chi connectivity index (χ4v) is 2.86. The SMILES string of the molecule is Cc1nc(-c2ccccn2)sc1CC(=O)NCCN(C)C. The number of amides is 1. The van der Waals surface area contributed by atoms with Crippen LogP contribution in [0.2, 0.25) is 0 Å². The molecule has 0 aromatic carbocycles. The zero-order valence-corrected chi connectivity index (χ0v) is 13.4. The minimum Gasteiger partial charge on any atom is -0.355 e. The first-order valence-electron chi connectivity index (χ1n) is 6.85. The van der Waals surface area contributed by atoms with E-state index < -0.39 is 0 Å². The van der Waals surface area contributed by atoms with Crippen LogP contribution in [0.4, 0.5) is 0 Å². The summed E-state index contributed by atoms with van der Waals surface area (Å²) in [5.41, 5.74) is 1.76. The van der Waals surface area contributed by atoms with E-state index in [-0.39, 0.29) is 5.91 Å². The molecule has 0 aliphatic heterocycles.